The summed E-state index contributed by atoms with van der Waals surface area (Å²) in [4.78, 5) is 34.3. The number of ether oxygens (including phenoxy) is 1. The van der Waals surface area contributed by atoms with Gasteiger partial charge in [0.1, 0.15) is 5.60 Å². The monoisotopic (exact) mass is 419 g/mol. The molecule has 1 aromatic carbocycles. The molecule has 160 valence electrons. The zero-order valence-electron chi connectivity index (χ0n) is 17.3. The molecule has 4 atom stereocenters. The Bertz CT molecular complexity index is 1020. The molecule has 2 amide bonds. The standard InChI is InChI=1S/C24H25N3O4/c1-26(14-17-3-2-11-25-13-17)22(29)20-19-8-10-24(31-19)15-27(23(30)21(20)24)18-6-4-16(5-7-18)9-12-28/h2-8,10-11,13,19-21,28H,9,12,14-15H2,1H3/t19-,20?,21?,24-/m1/s1. The predicted molar refractivity (Wildman–Crippen MR) is 114 cm³/mol. The van der Waals surface area contributed by atoms with Crippen molar-refractivity contribution in [3.63, 3.8) is 0 Å². The van der Waals surface area contributed by atoms with Crippen LogP contribution in [0, 0.1) is 11.8 Å². The zero-order valence-corrected chi connectivity index (χ0v) is 17.3. The van der Waals surface area contributed by atoms with Crippen molar-refractivity contribution in [3.8, 4) is 0 Å². The average molecular weight is 419 g/mol. The Morgan fingerprint density at radius 1 is 1.29 bits per heavy atom. The third kappa shape index (κ3) is 3.25. The number of amides is 2. The normalized spacial score (nSPS) is 28.3. The van der Waals surface area contributed by atoms with Gasteiger partial charge in [-0.15, -0.1) is 0 Å². The van der Waals surface area contributed by atoms with E-state index < -0.39 is 17.4 Å². The fourth-order valence-electron chi connectivity index (χ4n) is 5.07. The first-order chi connectivity index (χ1) is 15.0. The Hall–Kier alpha value is -3.03. The summed E-state index contributed by atoms with van der Waals surface area (Å²) in [6.45, 7) is 0.923. The van der Waals surface area contributed by atoms with Gasteiger partial charge in [-0.3, -0.25) is 14.6 Å². The topological polar surface area (TPSA) is 83.0 Å². The molecule has 7 nitrogen and oxygen atoms in total. The van der Waals surface area contributed by atoms with Crippen molar-refractivity contribution in [1.29, 1.82) is 0 Å². The maximum Gasteiger partial charge on any atom is 0.234 e. The Balaban J connectivity index is 1.38. The van der Waals surface area contributed by atoms with E-state index in [0.717, 1.165) is 16.8 Å². The number of hydrogen-bond donors (Lipinski definition) is 1. The molecular formula is C24H25N3O4. The van der Waals surface area contributed by atoms with Crippen LogP contribution in [0.1, 0.15) is 11.1 Å². The number of carbonyl (C=O) groups is 2. The van der Waals surface area contributed by atoms with Gasteiger partial charge in [-0.1, -0.05) is 30.4 Å². The third-order valence-electron chi connectivity index (χ3n) is 6.55. The van der Waals surface area contributed by atoms with Gasteiger partial charge in [0.05, 0.1) is 24.5 Å². The van der Waals surface area contributed by atoms with Gasteiger partial charge in [0, 0.05) is 38.3 Å². The maximum atomic E-state index is 13.5. The van der Waals surface area contributed by atoms with Gasteiger partial charge in [0.25, 0.3) is 0 Å². The molecule has 31 heavy (non-hydrogen) atoms. The van der Waals surface area contributed by atoms with E-state index in [0.29, 0.717) is 19.5 Å². The van der Waals surface area contributed by atoms with E-state index in [4.69, 9.17) is 9.84 Å². The molecule has 5 rings (SSSR count). The molecule has 2 aromatic rings. The molecule has 0 aliphatic carbocycles. The average Bonchev–Trinajstić information content (AvgIpc) is 3.43. The fraction of sp³-hybridized carbons (Fsp3) is 0.375. The summed E-state index contributed by atoms with van der Waals surface area (Å²) in [7, 11) is 1.76. The summed E-state index contributed by atoms with van der Waals surface area (Å²) in [5, 5.41) is 9.11. The molecule has 0 radical (unpaired) electrons. The smallest absolute Gasteiger partial charge is 0.234 e. The first kappa shape index (κ1) is 19.9. The molecule has 2 saturated heterocycles. The van der Waals surface area contributed by atoms with Gasteiger partial charge in [-0.25, -0.2) is 0 Å². The number of hydrogen-bond acceptors (Lipinski definition) is 5. The number of rotatable bonds is 6. The first-order valence-electron chi connectivity index (χ1n) is 10.5. The highest BCUT2D eigenvalue weighted by atomic mass is 16.5. The highest BCUT2D eigenvalue weighted by molar-refractivity contribution is 6.03. The van der Waals surface area contributed by atoms with Gasteiger partial charge >= 0.3 is 0 Å². The summed E-state index contributed by atoms with van der Waals surface area (Å²) in [6.07, 6.45) is 7.54. The molecule has 2 unspecified atom stereocenters. The quantitative estimate of drug-likeness (QED) is 0.719. The summed E-state index contributed by atoms with van der Waals surface area (Å²) >= 11 is 0. The van der Waals surface area contributed by atoms with Gasteiger partial charge < -0.3 is 19.6 Å². The summed E-state index contributed by atoms with van der Waals surface area (Å²) < 4.78 is 6.24. The van der Waals surface area contributed by atoms with E-state index in [1.165, 1.54) is 0 Å². The minimum atomic E-state index is -0.749. The molecule has 2 bridgehead atoms. The van der Waals surface area contributed by atoms with Gasteiger partial charge in [-0.05, 0) is 35.7 Å². The van der Waals surface area contributed by atoms with Crippen LogP contribution in [0.3, 0.4) is 0 Å². The van der Waals surface area contributed by atoms with Crippen molar-refractivity contribution in [2.75, 3.05) is 25.1 Å². The third-order valence-corrected chi connectivity index (χ3v) is 6.55. The minimum absolute atomic E-state index is 0.0742. The highest BCUT2D eigenvalue weighted by Gasteiger charge is 2.67. The number of pyridine rings is 1. The Labute approximate surface area is 180 Å². The van der Waals surface area contributed by atoms with E-state index in [2.05, 4.69) is 4.98 Å². The number of anilines is 1. The highest BCUT2D eigenvalue weighted by Crippen LogP contribution is 2.53. The summed E-state index contributed by atoms with van der Waals surface area (Å²) in [5.74, 6) is -1.21. The van der Waals surface area contributed by atoms with Crippen LogP contribution in [0.15, 0.2) is 60.9 Å². The predicted octanol–water partition coefficient (Wildman–Crippen LogP) is 1.56. The van der Waals surface area contributed by atoms with Crippen molar-refractivity contribution in [1.82, 2.24) is 9.88 Å². The summed E-state index contributed by atoms with van der Waals surface area (Å²) in [6, 6.07) is 11.4. The number of aliphatic hydroxyl groups excluding tert-OH is 1. The number of aromatic nitrogens is 1. The molecule has 4 heterocycles. The van der Waals surface area contributed by atoms with Crippen molar-refractivity contribution < 1.29 is 19.4 Å². The van der Waals surface area contributed by atoms with Crippen LogP contribution >= 0.6 is 0 Å². The van der Waals surface area contributed by atoms with E-state index in [9.17, 15) is 9.59 Å². The number of nitrogens with zero attached hydrogens (tertiary/aromatic N) is 3. The molecule has 3 aliphatic rings. The lowest BCUT2D eigenvalue weighted by molar-refractivity contribution is -0.139. The first-order valence-corrected chi connectivity index (χ1v) is 10.5. The molecule has 1 spiro atoms. The molecule has 1 aromatic heterocycles. The van der Waals surface area contributed by atoms with E-state index in [-0.39, 0.29) is 24.5 Å². The minimum Gasteiger partial charge on any atom is -0.396 e. The molecule has 1 N–H and O–H groups in total. The second-order valence-corrected chi connectivity index (χ2v) is 8.52. The number of fused-ring (bicyclic) bond motifs is 1. The molecule has 7 heteroatoms. The van der Waals surface area contributed by atoms with Crippen LogP contribution in [-0.2, 0) is 27.3 Å². The number of carbonyl (C=O) groups excluding carboxylic acids is 2. The molecule has 3 aliphatic heterocycles. The second-order valence-electron chi connectivity index (χ2n) is 8.52. The van der Waals surface area contributed by atoms with Crippen LogP contribution in [0.2, 0.25) is 0 Å². The molecule has 0 saturated carbocycles. The molecule has 2 fully saturated rings. The maximum absolute atomic E-state index is 13.5. The van der Waals surface area contributed by atoms with Crippen molar-refractivity contribution >= 4 is 17.5 Å². The fourth-order valence-corrected chi connectivity index (χ4v) is 5.07. The van der Waals surface area contributed by atoms with E-state index in [1.54, 1.807) is 29.2 Å². The number of aliphatic hydroxyl groups is 1. The van der Waals surface area contributed by atoms with Gasteiger partial charge in [0.2, 0.25) is 11.8 Å². The van der Waals surface area contributed by atoms with Crippen LogP contribution < -0.4 is 4.90 Å². The van der Waals surface area contributed by atoms with Crippen LogP contribution in [0.25, 0.3) is 0 Å². The lowest BCUT2D eigenvalue weighted by atomic mass is 9.76. The lowest BCUT2D eigenvalue weighted by Gasteiger charge is -2.27. The Kier molecular flexibility index (Phi) is 4.87. The zero-order chi connectivity index (χ0) is 21.6. The molecular weight excluding hydrogens is 394 g/mol. The van der Waals surface area contributed by atoms with Crippen molar-refractivity contribution in [2.24, 2.45) is 11.8 Å². The Morgan fingerprint density at radius 3 is 2.81 bits per heavy atom. The second kappa shape index (κ2) is 7.59. The van der Waals surface area contributed by atoms with Crippen LogP contribution in [0.5, 0.6) is 0 Å². The van der Waals surface area contributed by atoms with Gasteiger partial charge in [-0.2, -0.15) is 0 Å². The van der Waals surface area contributed by atoms with Crippen molar-refractivity contribution in [3.05, 3.63) is 72.1 Å². The van der Waals surface area contributed by atoms with E-state index >= 15 is 0 Å². The lowest BCUT2D eigenvalue weighted by Crippen LogP contribution is -2.44. The SMILES string of the molecule is CN(Cc1cccnc1)C(=O)C1C2C(=O)N(c3ccc(CCO)cc3)C[C@]23C=C[C@H]1O3. The van der Waals surface area contributed by atoms with E-state index in [1.807, 2.05) is 48.6 Å². The number of benzene rings is 1. The van der Waals surface area contributed by atoms with Crippen LogP contribution in [0.4, 0.5) is 5.69 Å². The van der Waals surface area contributed by atoms with Crippen LogP contribution in [-0.4, -0.2) is 58.7 Å². The van der Waals surface area contributed by atoms with Crippen molar-refractivity contribution in [2.45, 2.75) is 24.7 Å². The summed E-state index contributed by atoms with van der Waals surface area (Å²) in [5.41, 5.74) is 1.99. The largest absolute Gasteiger partial charge is 0.396 e. The van der Waals surface area contributed by atoms with Gasteiger partial charge in [0.15, 0.2) is 0 Å². The Morgan fingerprint density at radius 2 is 2.10 bits per heavy atom.